The van der Waals surface area contributed by atoms with Crippen LogP contribution in [0.2, 0.25) is 0 Å². The van der Waals surface area contributed by atoms with Crippen molar-refractivity contribution in [1.82, 2.24) is 0 Å². The molecule has 0 bridgehead atoms. The Morgan fingerprint density at radius 1 is 1.42 bits per heavy atom. The van der Waals surface area contributed by atoms with Crippen LogP contribution in [0.15, 0.2) is 23.8 Å². The molecule has 0 saturated carbocycles. The Hall–Kier alpha value is -0.600. The molecular formula is C10H16O2. The minimum absolute atomic E-state index is 0.679. The van der Waals surface area contributed by atoms with Gasteiger partial charge in [-0.15, -0.1) is 0 Å². The Morgan fingerprint density at radius 2 is 2.17 bits per heavy atom. The molecule has 0 heterocycles. The van der Waals surface area contributed by atoms with Gasteiger partial charge in [0.25, 0.3) is 0 Å². The highest BCUT2D eigenvalue weighted by molar-refractivity contribution is 5.25. The summed E-state index contributed by atoms with van der Waals surface area (Å²) in [6.45, 7) is 2.11. The van der Waals surface area contributed by atoms with Gasteiger partial charge in [-0.1, -0.05) is 31.6 Å². The second kappa shape index (κ2) is 4.43. The summed E-state index contributed by atoms with van der Waals surface area (Å²) in [5.74, 6) is 0. The number of aliphatic hydroxyl groups is 2. The van der Waals surface area contributed by atoms with E-state index in [4.69, 9.17) is 0 Å². The lowest BCUT2D eigenvalue weighted by Crippen LogP contribution is -2.27. The van der Waals surface area contributed by atoms with Gasteiger partial charge in [0.15, 0.2) is 0 Å². The van der Waals surface area contributed by atoms with Gasteiger partial charge in [-0.2, -0.15) is 0 Å². The smallest absolute Gasteiger partial charge is 0.105 e. The van der Waals surface area contributed by atoms with Gasteiger partial charge in [0.05, 0.1) is 0 Å². The highest BCUT2D eigenvalue weighted by Gasteiger charge is 2.19. The van der Waals surface area contributed by atoms with E-state index >= 15 is 0 Å². The zero-order valence-electron chi connectivity index (χ0n) is 7.40. The number of hydrogen-bond acceptors (Lipinski definition) is 2. The minimum atomic E-state index is -0.707. The van der Waals surface area contributed by atoms with E-state index in [0.29, 0.717) is 0 Å². The van der Waals surface area contributed by atoms with Crippen LogP contribution in [0.5, 0.6) is 0 Å². The first kappa shape index (κ1) is 9.49. The van der Waals surface area contributed by atoms with E-state index in [1.165, 1.54) is 0 Å². The summed E-state index contributed by atoms with van der Waals surface area (Å²) >= 11 is 0. The fourth-order valence-electron chi connectivity index (χ4n) is 1.33. The van der Waals surface area contributed by atoms with E-state index in [-0.39, 0.29) is 0 Å². The Morgan fingerprint density at radius 3 is 2.83 bits per heavy atom. The molecule has 0 fully saturated rings. The van der Waals surface area contributed by atoms with Crippen molar-refractivity contribution >= 4 is 0 Å². The highest BCUT2D eigenvalue weighted by atomic mass is 16.3. The number of hydrogen-bond donors (Lipinski definition) is 2. The molecule has 2 nitrogen and oxygen atoms in total. The predicted molar refractivity (Wildman–Crippen MR) is 48.8 cm³/mol. The van der Waals surface area contributed by atoms with Gasteiger partial charge >= 0.3 is 0 Å². The monoisotopic (exact) mass is 168 g/mol. The third-order valence-corrected chi connectivity index (χ3v) is 2.14. The third-order valence-electron chi connectivity index (χ3n) is 2.14. The average Bonchev–Trinajstić information content (AvgIpc) is 2.08. The maximum absolute atomic E-state index is 9.49. The van der Waals surface area contributed by atoms with Crippen LogP contribution in [0.4, 0.5) is 0 Å². The van der Waals surface area contributed by atoms with Gasteiger partial charge in [-0.3, -0.25) is 0 Å². The molecule has 1 aliphatic carbocycles. The van der Waals surface area contributed by atoms with E-state index in [9.17, 15) is 10.2 Å². The SMILES string of the molecule is CCCCC1=CC=C[C@@H](O)[C@H]1O. The molecule has 0 aliphatic heterocycles. The van der Waals surface area contributed by atoms with Crippen LogP contribution < -0.4 is 0 Å². The number of aliphatic hydroxyl groups excluding tert-OH is 2. The van der Waals surface area contributed by atoms with Crippen molar-refractivity contribution in [3.8, 4) is 0 Å². The van der Waals surface area contributed by atoms with Crippen LogP contribution in [-0.2, 0) is 0 Å². The molecule has 2 N–H and O–H groups in total. The molecule has 0 spiro atoms. The summed E-state index contributed by atoms with van der Waals surface area (Å²) < 4.78 is 0. The van der Waals surface area contributed by atoms with Crippen molar-refractivity contribution in [2.45, 2.75) is 38.4 Å². The molecule has 0 radical (unpaired) electrons. The Kier molecular flexibility index (Phi) is 3.50. The first-order valence-electron chi connectivity index (χ1n) is 4.49. The van der Waals surface area contributed by atoms with Crippen molar-refractivity contribution in [1.29, 1.82) is 0 Å². The van der Waals surface area contributed by atoms with Crippen molar-refractivity contribution in [3.05, 3.63) is 23.8 Å². The minimum Gasteiger partial charge on any atom is -0.386 e. The largest absolute Gasteiger partial charge is 0.386 e. The van der Waals surface area contributed by atoms with Crippen LogP contribution in [-0.4, -0.2) is 22.4 Å². The van der Waals surface area contributed by atoms with Crippen molar-refractivity contribution in [2.75, 3.05) is 0 Å². The van der Waals surface area contributed by atoms with Crippen LogP contribution in [0, 0.1) is 0 Å². The van der Waals surface area contributed by atoms with Gasteiger partial charge in [0, 0.05) is 0 Å². The normalized spacial score (nSPS) is 28.8. The summed E-state index contributed by atoms with van der Waals surface area (Å²) in [5, 5.41) is 18.8. The molecule has 2 atom stereocenters. The molecule has 0 aromatic heterocycles. The zero-order valence-corrected chi connectivity index (χ0v) is 7.40. The van der Waals surface area contributed by atoms with Crippen molar-refractivity contribution in [2.24, 2.45) is 0 Å². The van der Waals surface area contributed by atoms with Gasteiger partial charge in [-0.05, 0) is 18.4 Å². The second-order valence-corrected chi connectivity index (χ2v) is 3.17. The number of unbranched alkanes of at least 4 members (excludes halogenated alkanes) is 1. The maximum Gasteiger partial charge on any atom is 0.105 e. The standard InChI is InChI=1S/C10H16O2/c1-2-3-5-8-6-4-7-9(11)10(8)12/h4,6-7,9-12H,2-3,5H2,1H3/t9-,10+/m1/s1. The Balaban J connectivity index is 2.51. The van der Waals surface area contributed by atoms with Crippen molar-refractivity contribution < 1.29 is 10.2 Å². The van der Waals surface area contributed by atoms with Crippen LogP contribution in [0.3, 0.4) is 0 Å². The lowest BCUT2D eigenvalue weighted by molar-refractivity contribution is 0.0690. The quantitative estimate of drug-likeness (QED) is 0.668. The molecule has 0 aromatic carbocycles. The highest BCUT2D eigenvalue weighted by Crippen LogP contribution is 2.18. The van der Waals surface area contributed by atoms with Gasteiger partial charge in [0.2, 0.25) is 0 Å². The zero-order chi connectivity index (χ0) is 8.97. The molecule has 0 saturated heterocycles. The van der Waals surface area contributed by atoms with Gasteiger partial charge in [0.1, 0.15) is 12.2 Å². The van der Waals surface area contributed by atoms with E-state index in [0.717, 1.165) is 24.8 Å². The van der Waals surface area contributed by atoms with E-state index in [1.54, 1.807) is 6.08 Å². The molecule has 12 heavy (non-hydrogen) atoms. The molecule has 1 aliphatic rings. The maximum atomic E-state index is 9.49. The average molecular weight is 168 g/mol. The molecule has 68 valence electrons. The van der Waals surface area contributed by atoms with Gasteiger partial charge in [-0.25, -0.2) is 0 Å². The summed E-state index contributed by atoms with van der Waals surface area (Å²) in [6.07, 6.45) is 7.01. The Labute approximate surface area is 73.2 Å². The third kappa shape index (κ3) is 2.19. The number of rotatable bonds is 3. The summed E-state index contributed by atoms with van der Waals surface area (Å²) in [4.78, 5) is 0. The summed E-state index contributed by atoms with van der Waals surface area (Å²) in [7, 11) is 0. The fraction of sp³-hybridized carbons (Fsp3) is 0.600. The molecule has 2 heteroatoms. The number of allylic oxidation sites excluding steroid dienone is 2. The van der Waals surface area contributed by atoms with E-state index in [2.05, 4.69) is 6.92 Å². The molecule has 1 rings (SSSR count). The molecule has 0 aromatic rings. The van der Waals surface area contributed by atoms with Crippen molar-refractivity contribution in [3.63, 3.8) is 0 Å². The summed E-state index contributed by atoms with van der Waals surface area (Å²) in [5.41, 5.74) is 0.951. The summed E-state index contributed by atoms with van der Waals surface area (Å²) in [6, 6.07) is 0. The van der Waals surface area contributed by atoms with E-state index in [1.807, 2.05) is 12.2 Å². The molecular weight excluding hydrogens is 152 g/mol. The predicted octanol–water partition coefficient (Wildman–Crippen LogP) is 1.39. The van der Waals surface area contributed by atoms with Crippen LogP contribution in [0.25, 0.3) is 0 Å². The second-order valence-electron chi connectivity index (χ2n) is 3.17. The van der Waals surface area contributed by atoms with Crippen LogP contribution in [0.1, 0.15) is 26.2 Å². The first-order chi connectivity index (χ1) is 5.75. The molecule has 0 amide bonds. The molecule has 0 unspecified atom stereocenters. The Bertz CT molecular complexity index is 194. The lowest BCUT2D eigenvalue weighted by Gasteiger charge is -2.20. The fourth-order valence-corrected chi connectivity index (χ4v) is 1.33. The van der Waals surface area contributed by atoms with Gasteiger partial charge < -0.3 is 10.2 Å². The van der Waals surface area contributed by atoms with E-state index < -0.39 is 12.2 Å². The lowest BCUT2D eigenvalue weighted by atomic mass is 9.95. The first-order valence-corrected chi connectivity index (χ1v) is 4.49. The topological polar surface area (TPSA) is 40.5 Å². The van der Waals surface area contributed by atoms with Crippen LogP contribution >= 0.6 is 0 Å².